The fourth-order valence-electron chi connectivity index (χ4n) is 0.844. The topological polar surface area (TPSA) is 29.3 Å². The Labute approximate surface area is 73.1 Å². The van der Waals surface area contributed by atoms with Crippen molar-refractivity contribution in [3.05, 3.63) is 17.5 Å². The summed E-state index contributed by atoms with van der Waals surface area (Å²) >= 11 is 0. The first-order valence-electron chi connectivity index (χ1n) is 3.57. The van der Waals surface area contributed by atoms with E-state index in [9.17, 15) is 13.2 Å². The summed E-state index contributed by atoms with van der Waals surface area (Å²) in [5.74, 6) is -1.05. The first-order valence-corrected chi connectivity index (χ1v) is 3.57. The van der Waals surface area contributed by atoms with Gasteiger partial charge in [-0.05, 0) is 14.1 Å². The van der Waals surface area contributed by atoms with E-state index in [4.69, 9.17) is 0 Å². The number of halogens is 3. The van der Waals surface area contributed by atoms with Crippen molar-refractivity contribution in [2.75, 3.05) is 14.1 Å². The third-order valence-corrected chi connectivity index (χ3v) is 1.32. The van der Waals surface area contributed by atoms with Crippen LogP contribution in [0, 0.1) is 0 Å². The van der Waals surface area contributed by atoms with Crippen LogP contribution in [-0.2, 0) is 12.7 Å². The molecule has 0 amide bonds. The Morgan fingerprint density at radius 3 is 2.46 bits per heavy atom. The van der Waals surface area contributed by atoms with Gasteiger partial charge in [0.25, 0.3) is 0 Å². The minimum Gasteiger partial charge on any atom is -0.351 e. The molecule has 1 rings (SSSR count). The first kappa shape index (κ1) is 10.0. The van der Waals surface area contributed by atoms with Crippen molar-refractivity contribution in [1.82, 2.24) is 10.1 Å². The standard InChI is InChI=1S/C7H9F3N2O/c1-12(2)4-5-3-6(13-11-5)7(8,9)10/h3H,4H2,1-2H3. The van der Waals surface area contributed by atoms with E-state index >= 15 is 0 Å². The monoisotopic (exact) mass is 194 g/mol. The van der Waals surface area contributed by atoms with Crippen LogP contribution in [0.15, 0.2) is 10.6 Å². The zero-order valence-corrected chi connectivity index (χ0v) is 7.22. The molecule has 13 heavy (non-hydrogen) atoms. The molecule has 1 aromatic heterocycles. The molecule has 0 unspecified atom stereocenters. The molecule has 0 aliphatic heterocycles. The van der Waals surface area contributed by atoms with Crippen LogP contribution in [0.3, 0.4) is 0 Å². The van der Waals surface area contributed by atoms with Gasteiger partial charge in [0.2, 0.25) is 5.76 Å². The SMILES string of the molecule is CN(C)Cc1cc(C(F)(F)F)on1. The molecule has 1 heterocycles. The smallest absolute Gasteiger partial charge is 0.351 e. The van der Waals surface area contributed by atoms with E-state index in [0.717, 1.165) is 6.07 Å². The maximum Gasteiger partial charge on any atom is 0.452 e. The summed E-state index contributed by atoms with van der Waals surface area (Å²) in [6.07, 6.45) is -4.45. The lowest BCUT2D eigenvalue weighted by Gasteiger charge is -2.04. The van der Waals surface area contributed by atoms with Crippen LogP contribution in [-0.4, -0.2) is 24.2 Å². The van der Waals surface area contributed by atoms with Gasteiger partial charge >= 0.3 is 6.18 Å². The van der Waals surface area contributed by atoms with Crippen molar-refractivity contribution in [2.45, 2.75) is 12.7 Å². The van der Waals surface area contributed by atoms with Crippen molar-refractivity contribution >= 4 is 0 Å². The maximum absolute atomic E-state index is 12.0. The van der Waals surface area contributed by atoms with Crippen LogP contribution in [0.1, 0.15) is 11.5 Å². The molecule has 0 atom stereocenters. The fraction of sp³-hybridized carbons (Fsp3) is 0.571. The van der Waals surface area contributed by atoms with Crippen LogP contribution in [0.5, 0.6) is 0 Å². The summed E-state index contributed by atoms with van der Waals surface area (Å²) in [4.78, 5) is 1.71. The molecular weight excluding hydrogens is 185 g/mol. The van der Waals surface area contributed by atoms with E-state index in [2.05, 4.69) is 9.68 Å². The highest BCUT2D eigenvalue weighted by Gasteiger charge is 2.35. The average molecular weight is 194 g/mol. The van der Waals surface area contributed by atoms with E-state index in [1.54, 1.807) is 19.0 Å². The van der Waals surface area contributed by atoms with Gasteiger partial charge in [0, 0.05) is 12.6 Å². The first-order chi connectivity index (χ1) is 5.89. The Kier molecular flexibility index (Phi) is 2.60. The molecule has 3 nitrogen and oxygen atoms in total. The number of nitrogens with zero attached hydrogens (tertiary/aromatic N) is 2. The lowest BCUT2D eigenvalue weighted by atomic mass is 10.3. The molecule has 1 aromatic rings. The van der Waals surface area contributed by atoms with E-state index < -0.39 is 11.9 Å². The molecule has 0 radical (unpaired) electrons. The van der Waals surface area contributed by atoms with Crippen LogP contribution in [0.4, 0.5) is 13.2 Å². The Hall–Kier alpha value is -1.04. The Bertz CT molecular complexity index is 280. The van der Waals surface area contributed by atoms with Gasteiger partial charge in [0.1, 0.15) is 0 Å². The minimum absolute atomic E-state index is 0.275. The Morgan fingerprint density at radius 1 is 1.46 bits per heavy atom. The molecule has 0 bridgehead atoms. The van der Waals surface area contributed by atoms with Gasteiger partial charge in [-0.1, -0.05) is 5.16 Å². The van der Waals surface area contributed by atoms with E-state index in [0.29, 0.717) is 6.54 Å². The highest BCUT2D eigenvalue weighted by Crippen LogP contribution is 2.29. The number of aromatic nitrogens is 1. The van der Waals surface area contributed by atoms with Gasteiger partial charge in [0.05, 0.1) is 5.69 Å². The molecule has 0 aliphatic carbocycles. The molecule has 0 aromatic carbocycles. The van der Waals surface area contributed by atoms with Gasteiger partial charge in [-0.3, -0.25) is 0 Å². The number of alkyl halides is 3. The summed E-state index contributed by atoms with van der Waals surface area (Å²) in [5, 5.41) is 3.29. The predicted octanol–water partition coefficient (Wildman–Crippen LogP) is 1.76. The van der Waals surface area contributed by atoms with Crippen LogP contribution in [0.25, 0.3) is 0 Å². The molecule has 0 spiro atoms. The maximum atomic E-state index is 12.0. The van der Waals surface area contributed by atoms with Gasteiger partial charge in [-0.25, -0.2) is 0 Å². The van der Waals surface area contributed by atoms with Crippen LogP contribution < -0.4 is 0 Å². The molecule has 0 saturated heterocycles. The normalized spacial score (nSPS) is 12.5. The molecule has 6 heteroatoms. The van der Waals surface area contributed by atoms with Crippen molar-refractivity contribution in [2.24, 2.45) is 0 Å². The molecule has 0 saturated carbocycles. The second-order valence-electron chi connectivity index (χ2n) is 2.92. The van der Waals surface area contributed by atoms with Crippen LogP contribution >= 0.6 is 0 Å². The Balaban J connectivity index is 2.75. The number of hydrogen-bond acceptors (Lipinski definition) is 3. The zero-order chi connectivity index (χ0) is 10.1. The van der Waals surface area contributed by atoms with Gasteiger partial charge in [-0.15, -0.1) is 0 Å². The molecule has 0 aliphatic rings. The molecule has 0 N–H and O–H groups in total. The number of rotatable bonds is 2. The lowest BCUT2D eigenvalue weighted by molar-refractivity contribution is -0.155. The second kappa shape index (κ2) is 3.37. The van der Waals surface area contributed by atoms with Gasteiger partial charge in [-0.2, -0.15) is 13.2 Å². The average Bonchev–Trinajstić information content (AvgIpc) is 2.32. The Morgan fingerprint density at radius 2 is 2.08 bits per heavy atom. The minimum atomic E-state index is -4.45. The number of hydrogen-bond donors (Lipinski definition) is 0. The fourth-order valence-corrected chi connectivity index (χ4v) is 0.844. The van der Waals surface area contributed by atoms with E-state index in [-0.39, 0.29) is 5.69 Å². The molecule has 0 fully saturated rings. The summed E-state index contributed by atoms with van der Waals surface area (Å²) in [6, 6.07) is 0.903. The zero-order valence-electron chi connectivity index (χ0n) is 7.22. The second-order valence-corrected chi connectivity index (χ2v) is 2.92. The van der Waals surface area contributed by atoms with Crippen molar-refractivity contribution < 1.29 is 17.7 Å². The van der Waals surface area contributed by atoms with Crippen molar-refractivity contribution in [3.63, 3.8) is 0 Å². The van der Waals surface area contributed by atoms with E-state index in [1.807, 2.05) is 0 Å². The summed E-state index contributed by atoms with van der Waals surface area (Å²) < 4.78 is 40.1. The van der Waals surface area contributed by atoms with Gasteiger partial charge < -0.3 is 9.42 Å². The largest absolute Gasteiger partial charge is 0.452 e. The third-order valence-electron chi connectivity index (χ3n) is 1.32. The van der Waals surface area contributed by atoms with Crippen molar-refractivity contribution in [3.8, 4) is 0 Å². The molecular formula is C7H9F3N2O. The van der Waals surface area contributed by atoms with Crippen LogP contribution in [0.2, 0.25) is 0 Å². The summed E-state index contributed by atoms with van der Waals surface area (Å²) in [6.45, 7) is 0.333. The quantitative estimate of drug-likeness (QED) is 0.718. The third kappa shape index (κ3) is 2.73. The lowest BCUT2D eigenvalue weighted by Crippen LogP contribution is -2.10. The molecule has 74 valence electrons. The summed E-state index contributed by atoms with van der Waals surface area (Å²) in [5.41, 5.74) is 0.275. The highest BCUT2D eigenvalue weighted by atomic mass is 19.4. The van der Waals surface area contributed by atoms with E-state index in [1.165, 1.54) is 0 Å². The van der Waals surface area contributed by atoms with Gasteiger partial charge in [0.15, 0.2) is 0 Å². The predicted molar refractivity (Wildman–Crippen MR) is 38.9 cm³/mol. The summed E-state index contributed by atoms with van der Waals surface area (Å²) in [7, 11) is 3.48. The van der Waals surface area contributed by atoms with Crippen molar-refractivity contribution in [1.29, 1.82) is 0 Å². The highest BCUT2D eigenvalue weighted by molar-refractivity contribution is 5.07.